The fraction of sp³-hybridized carbons (Fsp3) is 0.231. The van der Waals surface area contributed by atoms with E-state index in [0.29, 0.717) is 51.7 Å². The van der Waals surface area contributed by atoms with Gasteiger partial charge in [-0.2, -0.15) is 5.10 Å². The van der Waals surface area contributed by atoms with Crippen molar-refractivity contribution in [1.29, 1.82) is 0 Å². The predicted octanol–water partition coefficient (Wildman–Crippen LogP) is 5.14. The van der Waals surface area contributed by atoms with Gasteiger partial charge in [-0.1, -0.05) is 23.7 Å². The fourth-order valence-electron chi connectivity index (χ4n) is 3.91. The number of ether oxygens (including phenoxy) is 1. The largest absolute Gasteiger partial charge is 0.462 e. The summed E-state index contributed by atoms with van der Waals surface area (Å²) >= 11 is 6.10. The summed E-state index contributed by atoms with van der Waals surface area (Å²) in [6.45, 7) is 3.81. The summed E-state index contributed by atoms with van der Waals surface area (Å²) in [4.78, 5) is 37.3. The third kappa shape index (κ3) is 5.27. The maximum absolute atomic E-state index is 12.9. The van der Waals surface area contributed by atoms with Gasteiger partial charge in [-0.3, -0.25) is 9.59 Å². The molecule has 35 heavy (non-hydrogen) atoms. The fourth-order valence-corrected chi connectivity index (χ4v) is 4.13. The SMILES string of the molecule is CCOC(=O)c1ccc(NC(=O)c2oc3c(c2C)/C(=N/NC(=O)c2ccccc2Cl)CCC3)cc1. The Bertz CT molecular complexity index is 1310. The van der Waals surface area contributed by atoms with E-state index in [0.717, 1.165) is 12.0 Å². The van der Waals surface area contributed by atoms with Crippen LogP contribution in [0.3, 0.4) is 0 Å². The molecule has 1 heterocycles. The average Bonchev–Trinajstić information content (AvgIpc) is 3.20. The summed E-state index contributed by atoms with van der Waals surface area (Å²) in [5.74, 6) is -0.423. The number of esters is 1. The third-order valence-electron chi connectivity index (χ3n) is 5.60. The third-order valence-corrected chi connectivity index (χ3v) is 5.93. The minimum Gasteiger partial charge on any atom is -0.462 e. The van der Waals surface area contributed by atoms with Crippen LogP contribution in [0.5, 0.6) is 0 Å². The molecule has 3 aromatic rings. The van der Waals surface area contributed by atoms with E-state index in [2.05, 4.69) is 15.8 Å². The number of hydrogen-bond donors (Lipinski definition) is 2. The number of hydrazone groups is 1. The van der Waals surface area contributed by atoms with Crippen LogP contribution in [0.1, 0.15) is 67.9 Å². The van der Waals surface area contributed by atoms with Gasteiger partial charge in [0.05, 0.1) is 28.5 Å². The van der Waals surface area contributed by atoms with E-state index in [4.69, 9.17) is 20.8 Å². The number of amides is 2. The number of nitrogens with one attached hydrogen (secondary N) is 2. The zero-order chi connectivity index (χ0) is 24.9. The van der Waals surface area contributed by atoms with Crippen LogP contribution in [-0.2, 0) is 11.2 Å². The first-order chi connectivity index (χ1) is 16.9. The lowest BCUT2D eigenvalue weighted by atomic mass is 9.93. The standard InChI is InChI=1S/C26H24ClN3O5/c1-3-34-26(33)16-11-13-17(14-12-16)28-25(32)23-15(2)22-20(9-6-10-21(22)35-23)29-30-24(31)18-7-4-5-8-19(18)27/h4-5,7-8,11-14H,3,6,9-10H2,1-2H3,(H,28,32)(H,30,31)/b29-20+. The number of nitrogens with zero attached hydrogens (tertiary/aromatic N) is 1. The van der Waals surface area contributed by atoms with Crippen molar-refractivity contribution < 1.29 is 23.5 Å². The van der Waals surface area contributed by atoms with E-state index in [1.54, 1.807) is 62.4 Å². The molecule has 0 spiro atoms. The van der Waals surface area contributed by atoms with Gasteiger partial charge in [-0.25, -0.2) is 10.2 Å². The second kappa shape index (κ2) is 10.6. The Morgan fingerprint density at radius 2 is 1.80 bits per heavy atom. The number of carbonyl (C=O) groups is 3. The monoisotopic (exact) mass is 493 g/mol. The molecule has 0 atom stereocenters. The molecule has 0 aliphatic heterocycles. The summed E-state index contributed by atoms with van der Waals surface area (Å²) in [7, 11) is 0. The average molecular weight is 494 g/mol. The van der Waals surface area contributed by atoms with Crippen molar-refractivity contribution >= 4 is 40.8 Å². The molecule has 1 aromatic heterocycles. The topological polar surface area (TPSA) is 110 Å². The molecule has 8 nitrogen and oxygen atoms in total. The molecule has 9 heteroatoms. The van der Waals surface area contributed by atoms with Crippen LogP contribution < -0.4 is 10.7 Å². The maximum atomic E-state index is 12.9. The number of aryl methyl sites for hydroxylation is 1. The van der Waals surface area contributed by atoms with Gasteiger partial charge < -0.3 is 14.5 Å². The molecule has 0 bridgehead atoms. The normalized spacial score (nSPS) is 13.7. The van der Waals surface area contributed by atoms with E-state index in [-0.39, 0.29) is 12.4 Å². The van der Waals surface area contributed by atoms with Crippen molar-refractivity contribution in [1.82, 2.24) is 5.43 Å². The van der Waals surface area contributed by atoms with Gasteiger partial charge in [-0.05, 0) is 63.1 Å². The first-order valence-electron chi connectivity index (χ1n) is 11.2. The summed E-state index contributed by atoms with van der Waals surface area (Å²) in [6.07, 6.45) is 2.07. The van der Waals surface area contributed by atoms with Crippen LogP contribution in [0, 0.1) is 6.92 Å². The smallest absolute Gasteiger partial charge is 0.338 e. The van der Waals surface area contributed by atoms with Crippen LogP contribution in [-0.4, -0.2) is 30.1 Å². The summed E-state index contributed by atoms with van der Waals surface area (Å²) in [5, 5.41) is 7.45. The molecule has 0 unspecified atom stereocenters. The lowest BCUT2D eigenvalue weighted by molar-refractivity contribution is 0.0526. The lowest BCUT2D eigenvalue weighted by Crippen LogP contribution is -2.22. The van der Waals surface area contributed by atoms with Crippen LogP contribution in [0.15, 0.2) is 58.0 Å². The van der Waals surface area contributed by atoms with Gasteiger partial charge in [0.1, 0.15) is 5.76 Å². The zero-order valence-electron chi connectivity index (χ0n) is 19.3. The Labute approximate surface area is 207 Å². The highest BCUT2D eigenvalue weighted by Gasteiger charge is 2.28. The lowest BCUT2D eigenvalue weighted by Gasteiger charge is -2.13. The summed E-state index contributed by atoms with van der Waals surface area (Å²) < 4.78 is 10.9. The molecule has 2 aromatic carbocycles. The number of fused-ring (bicyclic) bond motifs is 1. The second-order valence-corrected chi connectivity index (χ2v) is 8.35. The molecule has 0 radical (unpaired) electrons. The van der Waals surface area contributed by atoms with Crippen LogP contribution in [0.4, 0.5) is 5.69 Å². The van der Waals surface area contributed by atoms with Crippen molar-refractivity contribution in [2.75, 3.05) is 11.9 Å². The van der Waals surface area contributed by atoms with Gasteiger partial charge in [0, 0.05) is 23.2 Å². The molecule has 0 saturated carbocycles. The molecule has 1 aliphatic carbocycles. The highest BCUT2D eigenvalue weighted by molar-refractivity contribution is 6.33. The van der Waals surface area contributed by atoms with Crippen LogP contribution in [0.2, 0.25) is 5.02 Å². The van der Waals surface area contributed by atoms with Crippen LogP contribution >= 0.6 is 11.6 Å². The van der Waals surface area contributed by atoms with Gasteiger partial charge in [0.15, 0.2) is 5.76 Å². The predicted molar refractivity (Wildman–Crippen MR) is 132 cm³/mol. The number of anilines is 1. The molecule has 180 valence electrons. The van der Waals surface area contributed by atoms with E-state index >= 15 is 0 Å². The molecule has 0 saturated heterocycles. The summed E-state index contributed by atoms with van der Waals surface area (Å²) in [6, 6.07) is 13.1. The molecule has 0 fully saturated rings. The Balaban J connectivity index is 1.51. The minimum absolute atomic E-state index is 0.177. The first-order valence-corrected chi connectivity index (χ1v) is 11.6. The Morgan fingerprint density at radius 3 is 2.51 bits per heavy atom. The highest BCUT2D eigenvalue weighted by Crippen LogP contribution is 2.30. The Kier molecular flexibility index (Phi) is 7.31. The van der Waals surface area contributed by atoms with Gasteiger partial charge in [-0.15, -0.1) is 0 Å². The van der Waals surface area contributed by atoms with E-state index < -0.39 is 17.8 Å². The number of rotatable bonds is 6. The molecule has 2 amide bonds. The molecular weight excluding hydrogens is 470 g/mol. The van der Waals surface area contributed by atoms with Crippen molar-refractivity contribution in [2.24, 2.45) is 5.10 Å². The van der Waals surface area contributed by atoms with Crippen molar-refractivity contribution in [3.8, 4) is 0 Å². The number of furan rings is 1. The number of halogens is 1. The Hall–Kier alpha value is -3.91. The van der Waals surface area contributed by atoms with Crippen molar-refractivity contribution in [3.63, 3.8) is 0 Å². The van der Waals surface area contributed by atoms with Crippen molar-refractivity contribution in [2.45, 2.75) is 33.1 Å². The van der Waals surface area contributed by atoms with Gasteiger partial charge >= 0.3 is 5.97 Å². The Morgan fingerprint density at radius 1 is 1.06 bits per heavy atom. The first kappa shape index (κ1) is 24.2. The highest BCUT2D eigenvalue weighted by atomic mass is 35.5. The van der Waals surface area contributed by atoms with E-state index in [1.165, 1.54) is 0 Å². The molecule has 4 rings (SSSR count). The van der Waals surface area contributed by atoms with E-state index in [9.17, 15) is 14.4 Å². The maximum Gasteiger partial charge on any atom is 0.338 e. The number of hydrogen-bond acceptors (Lipinski definition) is 6. The molecule has 2 N–H and O–H groups in total. The quantitative estimate of drug-likeness (QED) is 0.365. The van der Waals surface area contributed by atoms with Gasteiger partial charge in [0.25, 0.3) is 11.8 Å². The van der Waals surface area contributed by atoms with E-state index in [1.807, 2.05) is 0 Å². The molecule has 1 aliphatic rings. The number of benzene rings is 2. The minimum atomic E-state index is -0.423. The number of carbonyl (C=O) groups excluding carboxylic acids is 3. The van der Waals surface area contributed by atoms with Crippen LogP contribution in [0.25, 0.3) is 0 Å². The second-order valence-electron chi connectivity index (χ2n) is 7.94. The van der Waals surface area contributed by atoms with Gasteiger partial charge in [0.2, 0.25) is 0 Å². The molecular formula is C26H24ClN3O5. The van der Waals surface area contributed by atoms with Crippen molar-refractivity contribution in [3.05, 3.63) is 87.3 Å². The zero-order valence-corrected chi connectivity index (χ0v) is 20.1. The summed E-state index contributed by atoms with van der Waals surface area (Å²) in [5.41, 5.74) is 5.82.